The highest BCUT2D eigenvalue weighted by Gasteiger charge is 2.23. The molecule has 7 nitrogen and oxygen atoms in total. The third-order valence-corrected chi connectivity index (χ3v) is 5.86. The number of hydrogen-bond acceptors (Lipinski definition) is 4. The van der Waals surface area contributed by atoms with E-state index in [1.165, 1.54) is 12.8 Å². The van der Waals surface area contributed by atoms with Gasteiger partial charge in [0.05, 0.1) is 0 Å². The molecule has 0 saturated carbocycles. The van der Waals surface area contributed by atoms with E-state index >= 15 is 0 Å². The molecule has 2 saturated heterocycles. The van der Waals surface area contributed by atoms with E-state index in [1.807, 2.05) is 18.2 Å². The molecule has 2 aliphatic rings. The molecule has 2 N–H and O–H groups in total. The lowest BCUT2D eigenvalue weighted by molar-refractivity contribution is -0.129. The standard InChI is InChI=1S/C23H34N4O3/c1-2-3-10-20(25-21(28)12-16-27-15-7-11-22(27)29)23(30)24-18-8-6-9-19(17-18)26-13-4-5-14-26/h6,8-9,17,20H,2-5,7,10-16H2,1H3,(H,24,30)(H,25,28). The highest BCUT2D eigenvalue weighted by Crippen LogP contribution is 2.23. The van der Waals surface area contributed by atoms with Gasteiger partial charge in [-0.25, -0.2) is 0 Å². The molecule has 3 amide bonds. The van der Waals surface area contributed by atoms with Crippen molar-refractivity contribution in [3.8, 4) is 0 Å². The molecule has 2 heterocycles. The average Bonchev–Trinajstić information content (AvgIpc) is 3.41. The summed E-state index contributed by atoms with van der Waals surface area (Å²) in [5.41, 5.74) is 1.87. The Morgan fingerprint density at radius 3 is 2.63 bits per heavy atom. The smallest absolute Gasteiger partial charge is 0.246 e. The van der Waals surface area contributed by atoms with Crippen LogP contribution in [-0.2, 0) is 14.4 Å². The minimum Gasteiger partial charge on any atom is -0.371 e. The van der Waals surface area contributed by atoms with Gasteiger partial charge in [0.2, 0.25) is 17.7 Å². The van der Waals surface area contributed by atoms with Crippen molar-refractivity contribution in [2.75, 3.05) is 36.4 Å². The summed E-state index contributed by atoms with van der Waals surface area (Å²) >= 11 is 0. The third-order valence-electron chi connectivity index (χ3n) is 5.86. The van der Waals surface area contributed by atoms with Crippen LogP contribution in [-0.4, -0.2) is 54.8 Å². The molecule has 164 valence electrons. The quantitative estimate of drug-likeness (QED) is 0.617. The summed E-state index contributed by atoms with van der Waals surface area (Å²) in [6.07, 6.45) is 6.46. The van der Waals surface area contributed by atoms with Gasteiger partial charge < -0.3 is 20.4 Å². The Balaban J connectivity index is 1.55. The molecule has 2 aliphatic heterocycles. The van der Waals surface area contributed by atoms with Crippen molar-refractivity contribution in [1.29, 1.82) is 0 Å². The van der Waals surface area contributed by atoms with E-state index < -0.39 is 6.04 Å². The maximum absolute atomic E-state index is 12.9. The van der Waals surface area contributed by atoms with E-state index in [0.717, 1.165) is 50.3 Å². The first-order valence-corrected chi connectivity index (χ1v) is 11.3. The molecule has 3 rings (SSSR count). The van der Waals surface area contributed by atoms with Gasteiger partial charge in [-0.3, -0.25) is 14.4 Å². The number of benzene rings is 1. The molecule has 0 spiro atoms. The molecule has 0 aliphatic carbocycles. The fourth-order valence-electron chi connectivity index (χ4n) is 4.11. The van der Waals surface area contributed by atoms with Gasteiger partial charge in [0.25, 0.3) is 0 Å². The summed E-state index contributed by atoms with van der Waals surface area (Å²) in [6, 6.07) is 7.34. The normalized spacial score (nSPS) is 17.3. The van der Waals surface area contributed by atoms with Crippen molar-refractivity contribution < 1.29 is 14.4 Å². The monoisotopic (exact) mass is 414 g/mol. The van der Waals surface area contributed by atoms with Crippen LogP contribution in [0.3, 0.4) is 0 Å². The van der Waals surface area contributed by atoms with Crippen molar-refractivity contribution in [2.24, 2.45) is 0 Å². The second-order valence-electron chi connectivity index (χ2n) is 8.23. The number of nitrogens with zero attached hydrogens (tertiary/aromatic N) is 2. The van der Waals surface area contributed by atoms with E-state index in [0.29, 0.717) is 19.4 Å². The molecule has 2 fully saturated rings. The number of carbonyl (C=O) groups is 3. The van der Waals surface area contributed by atoms with Crippen LogP contribution in [0.1, 0.15) is 58.3 Å². The second kappa shape index (κ2) is 11.0. The first-order valence-electron chi connectivity index (χ1n) is 11.3. The predicted octanol–water partition coefficient (Wildman–Crippen LogP) is 2.91. The van der Waals surface area contributed by atoms with Crippen LogP contribution in [0.5, 0.6) is 0 Å². The number of anilines is 2. The summed E-state index contributed by atoms with van der Waals surface area (Å²) in [6.45, 7) is 5.30. The summed E-state index contributed by atoms with van der Waals surface area (Å²) in [5.74, 6) is -0.259. The Bertz CT molecular complexity index is 746. The minimum absolute atomic E-state index is 0.112. The Kier molecular flexibility index (Phi) is 8.11. The summed E-state index contributed by atoms with van der Waals surface area (Å²) in [4.78, 5) is 41.1. The van der Waals surface area contributed by atoms with Gasteiger partial charge in [0, 0.05) is 50.4 Å². The van der Waals surface area contributed by atoms with E-state index in [4.69, 9.17) is 0 Å². The van der Waals surface area contributed by atoms with Gasteiger partial charge in [-0.2, -0.15) is 0 Å². The highest BCUT2D eigenvalue weighted by atomic mass is 16.2. The van der Waals surface area contributed by atoms with E-state index in [1.54, 1.807) is 4.90 Å². The lowest BCUT2D eigenvalue weighted by atomic mass is 10.1. The van der Waals surface area contributed by atoms with Crippen LogP contribution in [0.4, 0.5) is 11.4 Å². The number of nitrogens with one attached hydrogen (secondary N) is 2. The minimum atomic E-state index is -0.567. The SMILES string of the molecule is CCCCC(NC(=O)CCN1CCCC1=O)C(=O)Nc1cccc(N2CCCC2)c1. The van der Waals surface area contributed by atoms with Crippen molar-refractivity contribution in [1.82, 2.24) is 10.2 Å². The largest absolute Gasteiger partial charge is 0.371 e. The lowest BCUT2D eigenvalue weighted by Crippen LogP contribution is -2.44. The summed E-state index contributed by atoms with van der Waals surface area (Å²) < 4.78 is 0. The molecule has 1 unspecified atom stereocenters. The van der Waals surface area contributed by atoms with Crippen molar-refractivity contribution >= 4 is 29.1 Å². The number of amides is 3. The van der Waals surface area contributed by atoms with Crippen LogP contribution in [0, 0.1) is 0 Å². The number of hydrogen-bond donors (Lipinski definition) is 2. The number of rotatable bonds is 10. The van der Waals surface area contributed by atoms with Gasteiger partial charge in [-0.1, -0.05) is 25.8 Å². The van der Waals surface area contributed by atoms with E-state index in [9.17, 15) is 14.4 Å². The van der Waals surface area contributed by atoms with Crippen molar-refractivity contribution in [2.45, 2.75) is 64.3 Å². The molecule has 1 aromatic carbocycles. The molecule has 7 heteroatoms. The first-order chi connectivity index (χ1) is 14.6. The molecule has 1 aromatic rings. The topological polar surface area (TPSA) is 81.8 Å². The maximum Gasteiger partial charge on any atom is 0.246 e. The molecular weight excluding hydrogens is 380 g/mol. The molecule has 0 bridgehead atoms. The Morgan fingerprint density at radius 1 is 1.13 bits per heavy atom. The Hall–Kier alpha value is -2.57. The van der Waals surface area contributed by atoms with E-state index in [2.05, 4.69) is 28.5 Å². The summed E-state index contributed by atoms with van der Waals surface area (Å²) in [7, 11) is 0. The van der Waals surface area contributed by atoms with Gasteiger partial charge >= 0.3 is 0 Å². The lowest BCUT2D eigenvalue weighted by Gasteiger charge is -2.21. The molecule has 1 atom stereocenters. The molecular formula is C23H34N4O3. The Labute approximate surface area is 179 Å². The Morgan fingerprint density at radius 2 is 1.93 bits per heavy atom. The zero-order valence-electron chi connectivity index (χ0n) is 18.0. The van der Waals surface area contributed by atoms with Gasteiger partial charge in [-0.15, -0.1) is 0 Å². The van der Waals surface area contributed by atoms with Gasteiger partial charge in [-0.05, 0) is 43.9 Å². The fraction of sp³-hybridized carbons (Fsp3) is 0.609. The van der Waals surface area contributed by atoms with Gasteiger partial charge in [0.15, 0.2) is 0 Å². The van der Waals surface area contributed by atoms with Crippen molar-refractivity contribution in [3.05, 3.63) is 24.3 Å². The van der Waals surface area contributed by atoms with E-state index in [-0.39, 0.29) is 24.1 Å². The highest BCUT2D eigenvalue weighted by molar-refractivity contribution is 5.97. The zero-order chi connectivity index (χ0) is 21.3. The molecule has 0 aromatic heterocycles. The summed E-state index contributed by atoms with van der Waals surface area (Å²) in [5, 5.41) is 5.86. The van der Waals surface area contributed by atoms with Crippen LogP contribution in [0.15, 0.2) is 24.3 Å². The zero-order valence-corrected chi connectivity index (χ0v) is 18.0. The predicted molar refractivity (Wildman–Crippen MR) is 118 cm³/mol. The molecule has 30 heavy (non-hydrogen) atoms. The maximum atomic E-state index is 12.9. The van der Waals surface area contributed by atoms with Gasteiger partial charge in [0.1, 0.15) is 6.04 Å². The number of carbonyl (C=O) groups excluding carboxylic acids is 3. The average molecular weight is 415 g/mol. The molecule has 0 radical (unpaired) electrons. The van der Waals surface area contributed by atoms with Crippen LogP contribution in [0.25, 0.3) is 0 Å². The third kappa shape index (κ3) is 6.21. The number of unbranched alkanes of at least 4 members (excludes halogenated alkanes) is 1. The second-order valence-corrected chi connectivity index (χ2v) is 8.23. The first kappa shape index (κ1) is 22.1. The van der Waals surface area contributed by atoms with Crippen LogP contribution in [0.2, 0.25) is 0 Å². The van der Waals surface area contributed by atoms with Crippen molar-refractivity contribution in [3.63, 3.8) is 0 Å². The fourth-order valence-corrected chi connectivity index (χ4v) is 4.11. The van der Waals surface area contributed by atoms with Crippen LogP contribution >= 0.6 is 0 Å². The van der Waals surface area contributed by atoms with Crippen LogP contribution < -0.4 is 15.5 Å². The number of likely N-dealkylation sites (tertiary alicyclic amines) is 1.